The predicted octanol–water partition coefficient (Wildman–Crippen LogP) is 2.01. The molecule has 16 heavy (non-hydrogen) atoms. The molecule has 0 fully saturated rings. The van der Waals surface area contributed by atoms with E-state index in [2.05, 4.69) is 11.7 Å². The number of hydrogen-bond donors (Lipinski definition) is 2. The molecule has 5 heteroatoms. The second-order valence-electron chi connectivity index (χ2n) is 3.66. The van der Waals surface area contributed by atoms with Gasteiger partial charge in [0.2, 0.25) is 0 Å². The first kappa shape index (κ1) is 20.6. The molecule has 0 spiro atoms. The summed E-state index contributed by atoms with van der Waals surface area (Å²) in [6.07, 6.45) is 3.92. The summed E-state index contributed by atoms with van der Waals surface area (Å²) in [5.74, 6) is 0. The van der Waals surface area contributed by atoms with Gasteiger partial charge in [-0.25, -0.2) is 4.79 Å². The van der Waals surface area contributed by atoms with Crippen LogP contribution in [0.25, 0.3) is 0 Å². The highest BCUT2D eigenvalue weighted by Crippen LogP contribution is 1.95. The number of carbonyl (C=O) groups is 1. The van der Waals surface area contributed by atoms with Crippen LogP contribution < -0.4 is 5.73 Å². The number of hydrogen-bond acceptors (Lipinski definition) is 4. The molecule has 5 nitrogen and oxygen atoms in total. The zero-order valence-corrected chi connectivity index (χ0v) is 11.3. The maximum Gasteiger partial charge on any atom is 0.505 e. The molecule has 0 bridgehead atoms. The Balaban J connectivity index is -0.000000166. The van der Waals surface area contributed by atoms with E-state index in [1.165, 1.54) is 25.7 Å². The van der Waals surface area contributed by atoms with Crippen molar-refractivity contribution in [3.05, 3.63) is 0 Å². The number of nitrogens with two attached hydrogens (primary N) is 1. The van der Waals surface area contributed by atoms with Gasteiger partial charge in [0, 0.05) is 0 Å². The summed E-state index contributed by atoms with van der Waals surface area (Å²) in [4.78, 5) is 11.1. The van der Waals surface area contributed by atoms with Gasteiger partial charge in [0.1, 0.15) is 0 Å². The van der Waals surface area contributed by atoms with E-state index in [1.807, 2.05) is 26.0 Å². The van der Waals surface area contributed by atoms with Gasteiger partial charge < -0.3 is 20.5 Å². The third-order valence-corrected chi connectivity index (χ3v) is 1.23. The van der Waals surface area contributed by atoms with Crippen LogP contribution in [0.4, 0.5) is 4.79 Å². The average molecular weight is 236 g/mol. The third-order valence-electron chi connectivity index (χ3n) is 1.23. The van der Waals surface area contributed by atoms with E-state index < -0.39 is 6.16 Å². The molecule has 100 valence electrons. The highest BCUT2D eigenvalue weighted by molar-refractivity contribution is 5.56. The van der Waals surface area contributed by atoms with Gasteiger partial charge in [-0.15, -0.1) is 0 Å². The monoisotopic (exact) mass is 236 g/mol. The van der Waals surface area contributed by atoms with E-state index in [-0.39, 0.29) is 0 Å². The summed E-state index contributed by atoms with van der Waals surface area (Å²) >= 11 is 0. The quantitative estimate of drug-likeness (QED) is 0.577. The average Bonchev–Trinajstić information content (AvgIpc) is 2.19. The lowest BCUT2D eigenvalue weighted by Crippen LogP contribution is -1.99. The van der Waals surface area contributed by atoms with E-state index in [4.69, 9.17) is 15.6 Å². The van der Waals surface area contributed by atoms with Crippen LogP contribution >= 0.6 is 0 Å². The first-order valence-corrected chi connectivity index (χ1v) is 5.50. The van der Waals surface area contributed by atoms with Gasteiger partial charge in [0.15, 0.2) is 0 Å². The van der Waals surface area contributed by atoms with Crippen LogP contribution in [0.1, 0.15) is 32.6 Å². The van der Waals surface area contributed by atoms with Crippen molar-refractivity contribution in [2.45, 2.75) is 32.6 Å². The van der Waals surface area contributed by atoms with E-state index in [1.54, 1.807) is 0 Å². The summed E-state index contributed by atoms with van der Waals surface area (Å²) in [5.41, 5.74) is 5.27. The standard InChI is InChI=1S/C6H15N.C3H9N.C2H4O3/c1-2-3-4-5-6-7;1-4(2)3;1-5-2(3)4/h2-7H2,1H3;1-3H3;1H3,(H,3,4). The summed E-state index contributed by atoms with van der Waals surface area (Å²) in [6.45, 7) is 3.07. The van der Waals surface area contributed by atoms with Gasteiger partial charge in [-0.05, 0) is 34.1 Å². The Bertz CT molecular complexity index is 124. The predicted molar refractivity (Wildman–Crippen MR) is 67.8 cm³/mol. The molecule has 3 N–H and O–H groups in total. The maximum atomic E-state index is 9.15. The molecule has 0 heterocycles. The molecule has 0 aliphatic rings. The fourth-order valence-electron chi connectivity index (χ4n) is 0.571. The van der Waals surface area contributed by atoms with Crippen molar-refractivity contribution in [2.75, 3.05) is 34.8 Å². The summed E-state index contributed by atoms with van der Waals surface area (Å²) in [6, 6.07) is 0. The normalized spacial score (nSPS) is 8.44. The number of carboxylic acid groups (broad SMARTS) is 1. The molecule has 0 aromatic heterocycles. The lowest BCUT2D eigenvalue weighted by Gasteiger charge is -1.90. The number of ether oxygens (including phenoxy) is 1. The van der Waals surface area contributed by atoms with Crippen LogP contribution in [0.3, 0.4) is 0 Å². The molecule has 0 aliphatic heterocycles. The van der Waals surface area contributed by atoms with Crippen molar-refractivity contribution in [2.24, 2.45) is 5.73 Å². The maximum absolute atomic E-state index is 9.15. The van der Waals surface area contributed by atoms with Gasteiger partial charge in [-0.1, -0.05) is 26.2 Å². The van der Waals surface area contributed by atoms with Crippen molar-refractivity contribution in [3.63, 3.8) is 0 Å². The zero-order valence-electron chi connectivity index (χ0n) is 11.3. The van der Waals surface area contributed by atoms with Gasteiger partial charge in [-0.3, -0.25) is 0 Å². The molecule has 0 radical (unpaired) electrons. The Morgan fingerprint density at radius 2 is 1.62 bits per heavy atom. The molecule has 0 unspecified atom stereocenters. The number of nitrogens with zero attached hydrogens (tertiary/aromatic N) is 1. The van der Waals surface area contributed by atoms with Crippen molar-refractivity contribution >= 4 is 6.16 Å². The Hall–Kier alpha value is -0.810. The minimum atomic E-state index is -1.25. The fourth-order valence-corrected chi connectivity index (χ4v) is 0.571. The fraction of sp³-hybridized carbons (Fsp3) is 0.909. The highest BCUT2D eigenvalue weighted by Gasteiger charge is 1.81. The van der Waals surface area contributed by atoms with E-state index in [0.717, 1.165) is 13.7 Å². The van der Waals surface area contributed by atoms with Crippen LogP contribution in [0.15, 0.2) is 0 Å². The Morgan fingerprint density at radius 3 is 1.81 bits per heavy atom. The molecule has 0 aromatic carbocycles. The third kappa shape index (κ3) is 72.8. The molecular formula is C11H28N2O3. The number of rotatable bonds is 4. The first-order chi connectivity index (χ1) is 7.42. The van der Waals surface area contributed by atoms with Gasteiger partial charge in [0.05, 0.1) is 7.11 Å². The Labute approximate surface area is 99.6 Å². The molecular weight excluding hydrogens is 208 g/mol. The molecule has 0 aromatic rings. The molecule has 0 aliphatic carbocycles. The van der Waals surface area contributed by atoms with Crippen LogP contribution in [-0.4, -0.2) is 51.0 Å². The number of methoxy groups -OCH3 is 1. The second kappa shape index (κ2) is 19.7. The summed E-state index contributed by atoms with van der Waals surface area (Å²) in [5, 5.41) is 7.50. The molecule has 0 saturated carbocycles. The Morgan fingerprint density at radius 1 is 1.25 bits per heavy atom. The van der Waals surface area contributed by atoms with Crippen molar-refractivity contribution in [3.8, 4) is 0 Å². The van der Waals surface area contributed by atoms with Crippen LogP contribution in [0.5, 0.6) is 0 Å². The highest BCUT2D eigenvalue weighted by atomic mass is 16.6. The zero-order chi connectivity index (χ0) is 13.4. The molecule has 0 atom stereocenters. The van der Waals surface area contributed by atoms with Crippen LogP contribution in [-0.2, 0) is 4.74 Å². The topological polar surface area (TPSA) is 75.8 Å². The first-order valence-electron chi connectivity index (χ1n) is 5.50. The largest absolute Gasteiger partial charge is 0.505 e. The summed E-state index contributed by atoms with van der Waals surface area (Å²) in [7, 11) is 7.10. The van der Waals surface area contributed by atoms with E-state index >= 15 is 0 Å². The smallest absolute Gasteiger partial charge is 0.450 e. The minimum absolute atomic E-state index is 0.861. The van der Waals surface area contributed by atoms with Crippen molar-refractivity contribution in [1.82, 2.24) is 4.90 Å². The van der Waals surface area contributed by atoms with Gasteiger partial charge >= 0.3 is 6.16 Å². The van der Waals surface area contributed by atoms with Crippen molar-refractivity contribution in [1.29, 1.82) is 0 Å². The van der Waals surface area contributed by atoms with Gasteiger partial charge in [-0.2, -0.15) is 0 Å². The lowest BCUT2D eigenvalue weighted by molar-refractivity contribution is 0.114. The Kier molecular flexibility index (Phi) is 25.4. The molecule has 0 amide bonds. The van der Waals surface area contributed by atoms with E-state index in [0.29, 0.717) is 0 Å². The van der Waals surface area contributed by atoms with Crippen LogP contribution in [0.2, 0.25) is 0 Å². The summed E-state index contributed by atoms with van der Waals surface area (Å²) < 4.78 is 3.67. The van der Waals surface area contributed by atoms with Crippen LogP contribution in [0, 0.1) is 0 Å². The molecule has 0 rings (SSSR count). The minimum Gasteiger partial charge on any atom is -0.450 e. The lowest BCUT2D eigenvalue weighted by atomic mass is 10.2. The van der Waals surface area contributed by atoms with Crippen molar-refractivity contribution < 1.29 is 14.6 Å². The van der Waals surface area contributed by atoms with E-state index in [9.17, 15) is 0 Å². The second-order valence-corrected chi connectivity index (χ2v) is 3.66. The number of unbranched alkanes of at least 4 members (excludes halogenated alkanes) is 3. The molecule has 0 saturated heterocycles. The van der Waals surface area contributed by atoms with Gasteiger partial charge in [0.25, 0.3) is 0 Å². The SMILES string of the molecule is CCCCCCN.CN(C)C.COC(=O)O.